The first-order valence-corrected chi connectivity index (χ1v) is 7.97. The van der Waals surface area contributed by atoms with Crippen molar-refractivity contribution in [2.45, 2.75) is 27.6 Å². The molecular weight excluding hydrogens is 298 g/mol. The molecule has 0 N–H and O–H groups in total. The van der Waals surface area contributed by atoms with Crippen LogP contribution in [0.25, 0.3) is 33.5 Å². The summed E-state index contributed by atoms with van der Waals surface area (Å²) < 4.78 is 33.2. The maximum Gasteiger partial charge on any atom is 0.292 e. The topological polar surface area (TPSA) is 34.8 Å². The standard InChI is InChI=1S/C20H22N3O/c1-11-7-9-15-16-10-8-12(2)21-19(16)24-18(15)17(11)20-22(5)13(3)14(4)23(20)6/h7-10H,1-6H3/q+1/i2D3. The molecule has 122 valence electrons. The maximum atomic E-state index is 7.60. The Labute approximate surface area is 145 Å². The van der Waals surface area contributed by atoms with E-state index in [1.165, 1.54) is 11.4 Å². The van der Waals surface area contributed by atoms with Gasteiger partial charge in [0, 0.05) is 34.4 Å². The van der Waals surface area contributed by atoms with Crippen LogP contribution in [0.1, 0.15) is 26.8 Å². The van der Waals surface area contributed by atoms with Gasteiger partial charge in [0.05, 0.1) is 14.1 Å². The monoisotopic (exact) mass is 323 g/mol. The Kier molecular flexibility index (Phi) is 2.44. The van der Waals surface area contributed by atoms with Crippen LogP contribution in [0.3, 0.4) is 0 Å². The van der Waals surface area contributed by atoms with Crippen molar-refractivity contribution in [3.63, 3.8) is 0 Å². The Morgan fingerprint density at radius 1 is 1.12 bits per heavy atom. The largest absolute Gasteiger partial charge is 0.437 e. The number of benzene rings is 1. The minimum Gasteiger partial charge on any atom is -0.437 e. The van der Waals surface area contributed by atoms with Gasteiger partial charge in [-0.2, -0.15) is 0 Å². The molecule has 0 amide bonds. The van der Waals surface area contributed by atoms with Crippen molar-refractivity contribution in [2.24, 2.45) is 14.1 Å². The van der Waals surface area contributed by atoms with Crippen LogP contribution in [0, 0.1) is 27.6 Å². The molecule has 0 atom stereocenters. The smallest absolute Gasteiger partial charge is 0.292 e. The number of hydrogen-bond acceptors (Lipinski definition) is 2. The minimum absolute atomic E-state index is 0.0449. The number of pyridine rings is 1. The zero-order chi connectivity index (χ0) is 19.7. The van der Waals surface area contributed by atoms with E-state index >= 15 is 0 Å². The highest BCUT2D eigenvalue weighted by molar-refractivity contribution is 6.08. The molecule has 1 aromatic carbocycles. The van der Waals surface area contributed by atoms with Gasteiger partial charge in [-0.25, -0.2) is 14.1 Å². The minimum atomic E-state index is -2.26. The van der Waals surface area contributed by atoms with Crippen LogP contribution in [-0.4, -0.2) is 9.55 Å². The molecule has 4 heteroatoms. The molecule has 0 spiro atoms. The zero-order valence-electron chi connectivity index (χ0n) is 17.6. The summed E-state index contributed by atoms with van der Waals surface area (Å²) in [4.78, 5) is 4.27. The van der Waals surface area contributed by atoms with Crippen molar-refractivity contribution in [3.05, 3.63) is 46.9 Å². The van der Waals surface area contributed by atoms with Crippen LogP contribution in [0.5, 0.6) is 0 Å². The first-order valence-electron chi connectivity index (χ1n) is 9.47. The second kappa shape index (κ2) is 4.94. The van der Waals surface area contributed by atoms with E-state index in [9.17, 15) is 0 Å². The third-order valence-corrected chi connectivity index (χ3v) is 5.10. The molecule has 0 saturated heterocycles. The second-order valence-corrected chi connectivity index (χ2v) is 6.40. The van der Waals surface area contributed by atoms with Gasteiger partial charge < -0.3 is 4.42 Å². The molecule has 4 aromatic rings. The molecule has 0 bridgehead atoms. The summed E-state index contributed by atoms with van der Waals surface area (Å²) in [7, 11) is 4.09. The van der Waals surface area contributed by atoms with Crippen molar-refractivity contribution in [1.82, 2.24) is 9.55 Å². The normalized spacial score (nSPS) is 14.1. The number of fused-ring (bicyclic) bond motifs is 3. The Bertz CT molecular complexity index is 1190. The third kappa shape index (κ3) is 1.86. The SMILES string of the molecule is [2H]C([2H])([2H])c1ccc2c(n1)oc1c(-c3n(C)c(C)c(C)[n+]3C)c(C)ccc12. The Hall–Kier alpha value is -2.62. The molecule has 0 radical (unpaired) electrons. The fourth-order valence-corrected chi connectivity index (χ4v) is 3.46. The van der Waals surface area contributed by atoms with Crippen molar-refractivity contribution in [3.8, 4) is 11.4 Å². The average Bonchev–Trinajstić information content (AvgIpc) is 3.06. The lowest BCUT2D eigenvalue weighted by atomic mass is 10.0. The highest BCUT2D eigenvalue weighted by Gasteiger charge is 2.27. The molecule has 24 heavy (non-hydrogen) atoms. The van der Waals surface area contributed by atoms with E-state index in [0.29, 0.717) is 5.71 Å². The van der Waals surface area contributed by atoms with E-state index < -0.39 is 6.85 Å². The first-order chi connectivity index (χ1) is 12.6. The fraction of sp³-hybridized carbons (Fsp3) is 0.300. The molecule has 0 unspecified atom stereocenters. The van der Waals surface area contributed by atoms with Gasteiger partial charge in [0.25, 0.3) is 5.82 Å². The van der Waals surface area contributed by atoms with Gasteiger partial charge in [0.1, 0.15) is 17.0 Å². The molecule has 4 nitrogen and oxygen atoms in total. The fourth-order valence-electron chi connectivity index (χ4n) is 3.46. The Balaban J connectivity index is 2.10. The van der Waals surface area contributed by atoms with Gasteiger partial charge in [0.2, 0.25) is 5.71 Å². The number of furan rings is 1. The summed E-state index contributed by atoms with van der Waals surface area (Å²) in [6, 6.07) is 7.43. The van der Waals surface area contributed by atoms with Gasteiger partial charge in [-0.3, -0.25) is 0 Å². The van der Waals surface area contributed by atoms with Crippen LogP contribution >= 0.6 is 0 Å². The second-order valence-electron chi connectivity index (χ2n) is 6.40. The predicted octanol–water partition coefficient (Wildman–Crippen LogP) is 4.04. The highest BCUT2D eigenvalue weighted by atomic mass is 16.3. The number of aromatic nitrogens is 3. The van der Waals surface area contributed by atoms with E-state index in [1.807, 2.05) is 20.2 Å². The molecule has 0 saturated carbocycles. The first kappa shape index (κ1) is 11.8. The maximum absolute atomic E-state index is 7.60. The number of aryl methyl sites for hydroxylation is 2. The van der Waals surface area contributed by atoms with E-state index in [2.05, 4.69) is 41.0 Å². The quantitative estimate of drug-likeness (QED) is 0.495. The van der Waals surface area contributed by atoms with E-state index in [1.54, 1.807) is 12.1 Å². The van der Waals surface area contributed by atoms with Gasteiger partial charge >= 0.3 is 0 Å². The molecule has 0 fully saturated rings. The van der Waals surface area contributed by atoms with Crippen LogP contribution < -0.4 is 4.57 Å². The average molecular weight is 323 g/mol. The molecule has 3 heterocycles. The lowest BCUT2D eigenvalue weighted by Gasteiger charge is -2.05. The number of hydrogen-bond donors (Lipinski definition) is 0. The molecule has 0 aliphatic rings. The van der Waals surface area contributed by atoms with E-state index in [4.69, 9.17) is 8.53 Å². The van der Waals surface area contributed by atoms with Crippen LogP contribution in [-0.2, 0) is 14.1 Å². The number of imidazole rings is 1. The molecule has 4 rings (SSSR count). The van der Waals surface area contributed by atoms with Crippen molar-refractivity contribution in [1.29, 1.82) is 0 Å². The summed E-state index contributed by atoms with van der Waals surface area (Å²) in [5, 5.41) is 1.76. The highest BCUT2D eigenvalue weighted by Crippen LogP contribution is 2.36. The van der Waals surface area contributed by atoms with E-state index in [0.717, 1.165) is 33.3 Å². The van der Waals surface area contributed by atoms with Crippen molar-refractivity contribution in [2.75, 3.05) is 0 Å². The molecule has 3 aromatic heterocycles. The zero-order valence-corrected chi connectivity index (χ0v) is 14.6. The van der Waals surface area contributed by atoms with Gasteiger partial charge in [-0.05, 0) is 31.5 Å². The number of nitrogens with zero attached hydrogens (tertiary/aromatic N) is 3. The predicted molar refractivity (Wildman–Crippen MR) is 96.0 cm³/mol. The van der Waals surface area contributed by atoms with Crippen LogP contribution in [0.15, 0.2) is 28.7 Å². The van der Waals surface area contributed by atoms with Gasteiger partial charge in [0.15, 0.2) is 5.58 Å². The van der Waals surface area contributed by atoms with Crippen molar-refractivity contribution >= 4 is 22.1 Å². The molecular formula is C20H22N3O+. The Morgan fingerprint density at radius 2 is 1.88 bits per heavy atom. The van der Waals surface area contributed by atoms with Gasteiger partial charge in [-0.15, -0.1) is 0 Å². The summed E-state index contributed by atoms with van der Waals surface area (Å²) in [6.07, 6.45) is 0. The summed E-state index contributed by atoms with van der Waals surface area (Å²) in [6.45, 7) is 3.99. The molecule has 0 aliphatic carbocycles. The van der Waals surface area contributed by atoms with Gasteiger partial charge in [-0.1, -0.05) is 12.1 Å². The summed E-state index contributed by atoms with van der Waals surface area (Å²) in [5.74, 6) is 1.04. The van der Waals surface area contributed by atoms with E-state index in [-0.39, 0.29) is 5.69 Å². The van der Waals surface area contributed by atoms with Crippen LogP contribution in [0.4, 0.5) is 0 Å². The molecule has 0 aliphatic heterocycles. The van der Waals surface area contributed by atoms with Crippen molar-refractivity contribution < 1.29 is 13.1 Å². The number of rotatable bonds is 1. The van der Waals surface area contributed by atoms with Crippen LogP contribution in [0.2, 0.25) is 0 Å². The Morgan fingerprint density at radius 3 is 2.54 bits per heavy atom. The summed E-state index contributed by atoms with van der Waals surface area (Å²) in [5.41, 5.74) is 5.59. The lowest BCUT2D eigenvalue weighted by molar-refractivity contribution is -0.665. The third-order valence-electron chi connectivity index (χ3n) is 5.10. The summed E-state index contributed by atoms with van der Waals surface area (Å²) >= 11 is 0. The lowest BCUT2D eigenvalue weighted by Crippen LogP contribution is -2.32.